The van der Waals surface area contributed by atoms with Crippen LogP contribution >= 0.6 is 0 Å². The van der Waals surface area contributed by atoms with Gasteiger partial charge in [0.15, 0.2) is 0 Å². The van der Waals surface area contributed by atoms with Crippen LogP contribution in [0.2, 0.25) is 0 Å². The van der Waals surface area contributed by atoms with Gasteiger partial charge in [-0.15, -0.1) is 0 Å². The van der Waals surface area contributed by atoms with Crippen molar-refractivity contribution in [3.8, 4) is 0 Å². The maximum absolute atomic E-state index is 2.64. The van der Waals surface area contributed by atoms with Gasteiger partial charge in [-0.3, -0.25) is 4.90 Å². The Labute approximate surface area is 76.1 Å². The summed E-state index contributed by atoms with van der Waals surface area (Å²) in [4.78, 5) is 2.64. The third-order valence-corrected chi connectivity index (χ3v) is 4.52. The molecule has 3 unspecified atom stereocenters. The first-order chi connectivity index (χ1) is 5.56. The Morgan fingerprint density at radius 1 is 1.33 bits per heavy atom. The van der Waals surface area contributed by atoms with E-state index in [2.05, 4.69) is 32.6 Å². The molecular weight excluding hydrogens is 146 g/mol. The molecule has 0 aromatic heterocycles. The Balaban J connectivity index is 2.08. The second-order valence-corrected chi connectivity index (χ2v) is 5.21. The van der Waals surface area contributed by atoms with E-state index in [1.54, 1.807) is 0 Å². The molecule has 70 valence electrons. The Morgan fingerprint density at radius 2 is 1.92 bits per heavy atom. The van der Waals surface area contributed by atoms with E-state index >= 15 is 0 Å². The van der Waals surface area contributed by atoms with E-state index < -0.39 is 0 Å². The third kappa shape index (κ3) is 0.953. The van der Waals surface area contributed by atoms with Gasteiger partial charge < -0.3 is 0 Å². The fourth-order valence-corrected chi connectivity index (χ4v) is 2.88. The van der Waals surface area contributed by atoms with Gasteiger partial charge in [-0.1, -0.05) is 27.7 Å². The van der Waals surface area contributed by atoms with Gasteiger partial charge in [0.05, 0.1) is 0 Å². The molecule has 1 heteroatoms. The summed E-state index contributed by atoms with van der Waals surface area (Å²) in [6, 6.07) is 0.910. The summed E-state index contributed by atoms with van der Waals surface area (Å²) >= 11 is 0. The lowest BCUT2D eigenvalue weighted by Gasteiger charge is -2.56. The first-order valence-corrected chi connectivity index (χ1v) is 5.31. The molecule has 1 saturated carbocycles. The summed E-state index contributed by atoms with van der Waals surface area (Å²) in [6.07, 6.45) is 1.44. The molecule has 0 aromatic carbocycles. The molecular formula is C11H21N. The lowest BCUT2D eigenvalue weighted by Crippen LogP contribution is -2.56. The highest BCUT2D eigenvalue weighted by atomic mass is 15.3. The predicted molar refractivity (Wildman–Crippen MR) is 52.1 cm³/mol. The van der Waals surface area contributed by atoms with Crippen LogP contribution < -0.4 is 0 Å². The molecule has 0 bridgehead atoms. The molecule has 1 nitrogen and oxygen atoms in total. The van der Waals surface area contributed by atoms with Crippen molar-refractivity contribution in [3.05, 3.63) is 0 Å². The molecule has 2 fully saturated rings. The van der Waals surface area contributed by atoms with Crippen LogP contribution in [0.15, 0.2) is 0 Å². The molecule has 2 rings (SSSR count). The van der Waals surface area contributed by atoms with E-state index in [0.717, 1.165) is 17.9 Å². The number of hydrogen-bond donors (Lipinski definition) is 0. The van der Waals surface area contributed by atoms with Gasteiger partial charge in [-0.05, 0) is 23.7 Å². The van der Waals surface area contributed by atoms with Gasteiger partial charge in [-0.25, -0.2) is 0 Å². The van der Waals surface area contributed by atoms with Crippen molar-refractivity contribution in [2.75, 3.05) is 13.1 Å². The summed E-state index contributed by atoms with van der Waals surface area (Å²) < 4.78 is 0. The van der Waals surface area contributed by atoms with Gasteiger partial charge in [0.25, 0.3) is 0 Å². The fraction of sp³-hybridized carbons (Fsp3) is 1.00. The van der Waals surface area contributed by atoms with Crippen molar-refractivity contribution < 1.29 is 0 Å². The molecule has 1 aliphatic carbocycles. The van der Waals surface area contributed by atoms with Crippen LogP contribution in [0.1, 0.15) is 34.1 Å². The smallest absolute Gasteiger partial charge is 0.0158 e. The molecule has 0 amide bonds. The zero-order valence-electron chi connectivity index (χ0n) is 8.80. The van der Waals surface area contributed by atoms with Crippen molar-refractivity contribution in [1.82, 2.24) is 4.90 Å². The van der Waals surface area contributed by atoms with Gasteiger partial charge >= 0.3 is 0 Å². The molecule has 3 atom stereocenters. The number of rotatable bonds is 2. The van der Waals surface area contributed by atoms with Gasteiger partial charge in [0, 0.05) is 19.1 Å². The first-order valence-electron chi connectivity index (χ1n) is 5.31. The number of nitrogens with zero attached hydrogens (tertiary/aromatic N) is 1. The normalized spacial score (nSPS) is 47.8. The highest BCUT2D eigenvalue weighted by molar-refractivity contribution is 5.07. The van der Waals surface area contributed by atoms with Crippen LogP contribution in [0.3, 0.4) is 0 Å². The van der Waals surface area contributed by atoms with Gasteiger partial charge in [0.1, 0.15) is 0 Å². The zero-order valence-corrected chi connectivity index (χ0v) is 8.80. The Morgan fingerprint density at radius 3 is 2.25 bits per heavy atom. The average Bonchev–Trinajstić information content (AvgIpc) is 2.80. The Hall–Kier alpha value is -0.0400. The topological polar surface area (TPSA) is 3.01 Å². The monoisotopic (exact) mass is 167 g/mol. The molecule has 0 aromatic rings. The number of hydrogen-bond acceptors (Lipinski definition) is 1. The Bertz CT molecular complexity index is 177. The molecule has 1 saturated heterocycles. The molecule has 1 aliphatic heterocycles. The van der Waals surface area contributed by atoms with Gasteiger partial charge in [0.2, 0.25) is 0 Å². The molecule has 12 heavy (non-hydrogen) atoms. The minimum Gasteiger partial charge on any atom is -0.297 e. The third-order valence-electron chi connectivity index (χ3n) is 4.52. The molecule has 0 radical (unpaired) electrons. The summed E-state index contributed by atoms with van der Waals surface area (Å²) in [6.45, 7) is 12.4. The van der Waals surface area contributed by atoms with Crippen LogP contribution in [-0.4, -0.2) is 24.0 Å². The first kappa shape index (κ1) is 8.55. The van der Waals surface area contributed by atoms with Crippen LogP contribution in [0, 0.1) is 17.3 Å². The summed E-state index contributed by atoms with van der Waals surface area (Å²) in [5.41, 5.74) is 0.608. The van der Waals surface area contributed by atoms with Crippen LogP contribution in [0.5, 0.6) is 0 Å². The van der Waals surface area contributed by atoms with Crippen molar-refractivity contribution >= 4 is 0 Å². The van der Waals surface area contributed by atoms with Crippen molar-refractivity contribution in [1.29, 1.82) is 0 Å². The zero-order chi connectivity index (χ0) is 8.93. The maximum atomic E-state index is 2.64. The fourth-order valence-electron chi connectivity index (χ4n) is 2.88. The van der Waals surface area contributed by atoms with Crippen LogP contribution in [0.25, 0.3) is 0 Å². The SMILES string of the molecule is CC(C)C1(C)C(C)CC1N1CC1. The lowest BCUT2D eigenvalue weighted by atomic mass is 9.53. The highest BCUT2D eigenvalue weighted by Crippen LogP contribution is 2.54. The minimum atomic E-state index is 0.608. The highest BCUT2D eigenvalue weighted by Gasteiger charge is 2.55. The second-order valence-electron chi connectivity index (χ2n) is 5.21. The molecule has 0 spiro atoms. The lowest BCUT2D eigenvalue weighted by molar-refractivity contribution is -0.0631. The van der Waals surface area contributed by atoms with E-state index in [9.17, 15) is 0 Å². The molecule has 1 heterocycles. The summed E-state index contributed by atoms with van der Waals surface area (Å²) in [7, 11) is 0. The van der Waals surface area contributed by atoms with Crippen LogP contribution in [-0.2, 0) is 0 Å². The van der Waals surface area contributed by atoms with Crippen molar-refractivity contribution in [2.45, 2.75) is 40.2 Å². The standard InChI is InChI=1S/C11H21N/c1-8(2)11(4)9(3)7-10(11)12-5-6-12/h8-10H,5-7H2,1-4H3. The quantitative estimate of drug-likeness (QED) is 0.571. The van der Waals surface area contributed by atoms with E-state index in [1.165, 1.54) is 19.5 Å². The van der Waals surface area contributed by atoms with E-state index in [-0.39, 0.29) is 0 Å². The van der Waals surface area contributed by atoms with E-state index in [4.69, 9.17) is 0 Å². The summed E-state index contributed by atoms with van der Waals surface area (Å²) in [5.74, 6) is 1.77. The second kappa shape index (κ2) is 2.47. The average molecular weight is 167 g/mol. The molecule has 2 aliphatic rings. The largest absolute Gasteiger partial charge is 0.297 e. The van der Waals surface area contributed by atoms with Crippen molar-refractivity contribution in [3.63, 3.8) is 0 Å². The maximum Gasteiger partial charge on any atom is 0.0158 e. The molecule has 0 N–H and O–H groups in total. The summed E-state index contributed by atoms with van der Waals surface area (Å²) in [5, 5.41) is 0. The van der Waals surface area contributed by atoms with Gasteiger partial charge in [-0.2, -0.15) is 0 Å². The van der Waals surface area contributed by atoms with Crippen LogP contribution in [0.4, 0.5) is 0 Å². The van der Waals surface area contributed by atoms with E-state index in [0.29, 0.717) is 5.41 Å². The predicted octanol–water partition coefficient (Wildman–Crippen LogP) is 2.37. The van der Waals surface area contributed by atoms with E-state index in [1.807, 2.05) is 0 Å². The Kier molecular flexibility index (Phi) is 1.76. The van der Waals surface area contributed by atoms with Crippen molar-refractivity contribution in [2.24, 2.45) is 17.3 Å². The minimum absolute atomic E-state index is 0.608.